The third kappa shape index (κ3) is 5.12. The molecule has 1 heterocycles. The summed E-state index contributed by atoms with van der Waals surface area (Å²) in [5, 5.41) is 9.42. The number of nitrogens with one attached hydrogen (secondary N) is 1. The summed E-state index contributed by atoms with van der Waals surface area (Å²) in [5.74, 6) is -1.21. The Morgan fingerprint density at radius 2 is 1.81 bits per heavy atom. The first-order valence-electron chi connectivity index (χ1n) is 8.70. The molecule has 2 unspecified atom stereocenters. The molecule has 2 rings (SSSR count). The minimum Gasteiger partial charge on any atom is -0.367 e. The molecule has 1 N–H and O–H groups in total. The lowest BCUT2D eigenvalue weighted by Gasteiger charge is -2.27. The summed E-state index contributed by atoms with van der Waals surface area (Å²) in [5.41, 5.74) is -3.54. The number of halogens is 5. The summed E-state index contributed by atoms with van der Waals surface area (Å²) < 4.78 is 75.3. The summed E-state index contributed by atoms with van der Waals surface area (Å²) in [4.78, 5) is 12.5. The van der Waals surface area contributed by atoms with Crippen LogP contribution in [0.5, 0.6) is 0 Å². The van der Waals surface area contributed by atoms with Crippen LogP contribution in [0.3, 0.4) is 0 Å². The number of azo groups is 1. The fourth-order valence-corrected chi connectivity index (χ4v) is 5.52. The molecular formula is C17H18Cl2F3N3O4S2. The Bertz CT molecular complexity index is 1080. The summed E-state index contributed by atoms with van der Waals surface area (Å²) in [7, 11) is -5.23. The maximum atomic E-state index is 13.1. The van der Waals surface area contributed by atoms with Crippen LogP contribution < -0.4 is 5.32 Å². The molecular weight excluding hydrogens is 502 g/mol. The normalized spacial score (nSPS) is 20.3. The van der Waals surface area contributed by atoms with Crippen LogP contribution in [0.25, 0.3) is 0 Å². The van der Waals surface area contributed by atoms with E-state index in [1.807, 2.05) is 0 Å². The predicted molar refractivity (Wildman–Crippen MR) is 112 cm³/mol. The van der Waals surface area contributed by atoms with Crippen LogP contribution in [-0.4, -0.2) is 42.7 Å². The highest BCUT2D eigenvalue weighted by molar-refractivity contribution is 7.91. The second kappa shape index (κ2) is 9.16. The Morgan fingerprint density at radius 1 is 1.26 bits per heavy atom. The highest BCUT2D eigenvalue weighted by Crippen LogP contribution is 2.49. The van der Waals surface area contributed by atoms with Gasteiger partial charge in [-0.15, -0.1) is 5.11 Å². The molecule has 0 aromatic heterocycles. The molecule has 0 spiro atoms. The minimum atomic E-state index is -4.74. The van der Waals surface area contributed by atoms with Gasteiger partial charge in [-0.05, 0) is 19.1 Å². The molecule has 14 heteroatoms. The Hall–Kier alpha value is -1.50. The van der Waals surface area contributed by atoms with Gasteiger partial charge in [-0.2, -0.15) is 18.3 Å². The van der Waals surface area contributed by atoms with Crippen molar-refractivity contribution >= 4 is 49.6 Å². The van der Waals surface area contributed by atoms with Gasteiger partial charge in [0.15, 0.2) is 21.4 Å². The van der Waals surface area contributed by atoms with Crippen molar-refractivity contribution in [1.29, 1.82) is 0 Å². The topological polar surface area (TPSA) is 105 Å². The predicted octanol–water partition coefficient (Wildman–Crippen LogP) is 3.83. The highest BCUT2D eigenvalue weighted by Gasteiger charge is 2.52. The molecule has 7 nitrogen and oxygen atoms in total. The molecule has 1 aromatic rings. The fourth-order valence-electron chi connectivity index (χ4n) is 2.97. The van der Waals surface area contributed by atoms with Gasteiger partial charge in [-0.3, -0.25) is 9.00 Å². The highest BCUT2D eigenvalue weighted by atomic mass is 35.5. The zero-order chi connectivity index (χ0) is 23.8. The van der Waals surface area contributed by atoms with Crippen molar-refractivity contribution in [3.63, 3.8) is 0 Å². The van der Waals surface area contributed by atoms with E-state index < -0.39 is 53.7 Å². The molecule has 31 heavy (non-hydrogen) atoms. The van der Waals surface area contributed by atoms with Crippen molar-refractivity contribution in [3.8, 4) is 0 Å². The molecule has 172 valence electrons. The second-order valence-corrected chi connectivity index (χ2v) is 11.2. The van der Waals surface area contributed by atoms with Crippen LogP contribution in [-0.2, 0) is 37.1 Å². The Balaban J connectivity index is 2.65. The number of Topliss-reactive ketones (excluding diaryl/α,β-unsaturated/α-hetero) is 1. The lowest BCUT2D eigenvalue weighted by Crippen LogP contribution is -2.36. The van der Waals surface area contributed by atoms with Gasteiger partial charge < -0.3 is 5.32 Å². The first-order valence-corrected chi connectivity index (χ1v) is 12.8. The Morgan fingerprint density at radius 3 is 2.23 bits per heavy atom. The fraction of sp³-hybridized carbons (Fsp3) is 0.471. The molecule has 0 amide bonds. The monoisotopic (exact) mass is 519 g/mol. The zero-order valence-corrected chi connectivity index (χ0v) is 19.7. The quantitative estimate of drug-likeness (QED) is 0.561. The van der Waals surface area contributed by atoms with Crippen LogP contribution in [0.15, 0.2) is 33.1 Å². The van der Waals surface area contributed by atoms with E-state index in [1.54, 1.807) is 0 Å². The van der Waals surface area contributed by atoms with Crippen LogP contribution in [0.4, 0.5) is 13.2 Å². The van der Waals surface area contributed by atoms with Gasteiger partial charge in [0.1, 0.15) is 4.91 Å². The van der Waals surface area contributed by atoms with Crippen molar-refractivity contribution in [2.75, 3.05) is 24.3 Å². The molecule has 0 bridgehead atoms. The van der Waals surface area contributed by atoms with Crippen LogP contribution in [0, 0.1) is 0 Å². The molecule has 0 fully saturated rings. The molecule has 1 aliphatic rings. The molecule has 0 saturated heterocycles. The number of sulfone groups is 1. The van der Waals surface area contributed by atoms with Crippen molar-refractivity contribution in [2.24, 2.45) is 10.2 Å². The van der Waals surface area contributed by atoms with E-state index >= 15 is 0 Å². The number of nitrogens with zero attached hydrogens (tertiary/aromatic N) is 2. The van der Waals surface area contributed by atoms with Gasteiger partial charge >= 0.3 is 6.18 Å². The second-order valence-electron chi connectivity index (χ2n) is 6.57. The number of benzene rings is 1. The van der Waals surface area contributed by atoms with Crippen molar-refractivity contribution in [2.45, 2.75) is 25.6 Å². The van der Waals surface area contributed by atoms with Gasteiger partial charge in [-0.25, -0.2) is 8.42 Å². The van der Waals surface area contributed by atoms with Gasteiger partial charge in [-0.1, -0.05) is 30.1 Å². The number of ketones is 1. The summed E-state index contributed by atoms with van der Waals surface area (Å²) in [6, 6.07) is 1.19. The average Bonchev–Trinajstić information content (AvgIpc) is 3.00. The molecule has 1 aliphatic heterocycles. The summed E-state index contributed by atoms with van der Waals surface area (Å²) in [6.07, 6.45) is -3.52. The van der Waals surface area contributed by atoms with E-state index in [1.165, 1.54) is 13.2 Å². The number of hydrogen-bond donors (Lipinski definition) is 1. The minimum absolute atomic E-state index is 0.0873. The zero-order valence-electron chi connectivity index (χ0n) is 16.5. The van der Waals surface area contributed by atoms with E-state index in [-0.39, 0.29) is 34.3 Å². The van der Waals surface area contributed by atoms with E-state index in [0.717, 1.165) is 6.92 Å². The summed E-state index contributed by atoms with van der Waals surface area (Å²) >= 11 is 12.2. The average molecular weight is 520 g/mol. The van der Waals surface area contributed by atoms with Crippen molar-refractivity contribution < 1.29 is 30.6 Å². The van der Waals surface area contributed by atoms with E-state index in [2.05, 4.69) is 15.5 Å². The lowest BCUT2D eigenvalue weighted by molar-refractivity contribution is -0.137. The Labute approximate surface area is 189 Å². The number of rotatable bonds is 8. The molecule has 0 aliphatic carbocycles. The van der Waals surface area contributed by atoms with Gasteiger partial charge in [0, 0.05) is 34.2 Å². The largest absolute Gasteiger partial charge is 0.416 e. The van der Waals surface area contributed by atoms with Gasteiger partial charge in [0.25, 0.3) is 0 Å². The number of hydrogen-bond acceptors (Lipinski definition) is 7. The maximum absolute atomic E-state index is 13.1. The van der Waals surface area contributed by atoms with Crippen LogP contribution >= 0.6 is 23.2 Å². The van der Waals surface area contributed by atoms with E-state index in [0.29, 0.717) is 12.1 Å². The van der Waals surface area contributed by atoms with E-state index in [4.69, 9.17) is 23.2 Å². The first-order chi connectivity index (χ1) is 14.2. The number of carbonyl (C=O) groups excluding carboxylic acids is 1. The Kier molecular flexibility index (Phi) is 7.61. The van der Waals surface area contributed by atoms with Crippen molar-refractivity contribution in [1.82, 2.24) is 5.32 Å². The maximum Gasteiger partial charge on any atom is 0.416 e. The van der Waals surface area contributed by atoms with E-state index in [9.17, 15) is 30.6 Å². The van der Waals surface area contributed by atoms with Crippen LogP contribution in [0.1, 0.15) is 25.0 Å². The third-order valence-corrected chi connectivity index (χ3v) is 7.88. The standard InChI is InChI=1S/C17H18Cl2F3N3O4S2/c1-4-31(28,29)6-5-23-15-14(30(3)27)16(9(2)26,25-24-15)13-11(18)7-10(8-12(13)19)17(20,21)22/h7-8,23H,4-6H2,1-3H3. The molecule has 0 saturated carbocycles. The van der Waals surface area contributed by atoms with Gasteiger partial charge in [0.2, 0.25) is 5.54 Å². The lowest BCUT2D eigenvalue weighted by atomic mass is 9.86. The number of carbonyl (C=O) groups is 1. The molecule has 0 radical (unpaired) electrons. The smallest absolute Gasteiger partial charge is 0.367 e. The van der Waals surface area contributed by atoms with Gasteiger partial charge in [0.05, 0.1) is 22.1 Å². The SMILES string of the molecule is CCS(=O)(=O)CCNC1=C(S(C)=O)C(C(C)=O)(c2c(Cl)cc(C(F)(F)F)cc2Cl)N=N1. The molecule has 2 atom stereocenters. The third-order valence-electron chi connectivity index (χ3n) is 4.52. The summed E-state index contributed by atoms with van der Waals surface area (Å²) in [6.45, 7) is 2.44. The number of alkyl halides is 3. The molecule has 1 aromatic carbocycles. The first kappa shape index (κ1) is 25.8. The van der Waals surface area contributed by atoms with Crippen molar-refractivity contribution in [3.05, 3.63) is 44.0 Å². The van der Waals surface area contributed by atoms with Crippen LogP contribution in [0.2, 0.25) is 10.0 Å².